The van der Waals surface area contributed by atoms with E-state index in [0.29, 0.717) is 5.75 Å². The molecule has 2 nitrogen and oxygen atoms in total. The van der Waals surface area contributed by atoms with Gasteiger partial charge < -0.3 is 4.74 Å². The van der Waals surface area contributed by atoms with E-state index in [1.807, 2.05) is 32.0 Å². The highest BCUT2D eigenvalue weighted by atomic mass is 19.2. The van der Waals surface area contributed by atoms with Crippen LogP contribution in [0.2, 0.25) is 0 Å². The van der Waals surface area contributed by atoms with Gasteiger partial charge >= 0.3 is 0 Å². The Morgan fingerprint density at radius 1 is 1.00 bits per heavy atom. The van der Waals surface area contributed by atoms with Crippen molar-refractivity contribution in [2.24, 2.45) is 0 Å². The summed E-state index contributed by atoms with van der Waals surface area (Å²) in [5.41, 5.74) is 2.15. The summed E-state index contributed by atoms with van der Waals surface area (Å²) in [4.78, 5) is 11.8. The van der Waals surface area contributed by atoms with Crippen LogP contribution in [-0.4, -0.2) is 12.4 Å². The minimum atomic E-state index is -1.04. The molecule has 0 atom stereocenters. The van der Waals surface area contributed by atoms with Gasteiger partial charge in [-0.05, 0) is 55.3 Å². The molecule has 0 aliphatic heterocycles. The van der Waals surface area contributed by atoms with Gasteiger partial charge in [0.25, 0.3) is 0 Å². The first-order chi connectivity index (χ1) is 9.45. The third-order valence-electron chi connectivity index (χ3n) is 2.81. The highest BCUT2D eigenvalue weighted by molar-refractivity contribution is 5.97. The largest absolute Gasteiger partial charge is 0.485 e. The molecular formula is C16H14F2O2. The van der Waals surface area contributed by atoms with Crippen LogP contribution in [0.4, 0.5) is 8.78 Å². The van der Waals surface area contributed by atoms with Crippen LogP contribution < -0.4 is 4.74 Å². The van der Waals surface area contributed by atoms with E-state index in [1.165, 1.54) is 6.07 Å². The molecule has 0 heterocycles. The summed E-state index contributed by atoms with van der Waals surface area (Å²) in [6.07, 6.45) is 0. The number of Topliss-reactive ketones (excluding diaryl/α,β-unsaturated/α-hetero) is 1. The lowest BCUT2D eigenvalue weighted by Crippen LogP contribution is -2.12. The van der Waals surface area contributed by atoms with Crippen molar-refractivity contribution in [3.05, 3.63) is 64.7 Å². The van der Waals surface area contributed by atoms with E-state index in [1.54, 1.807) is 0 Å². The second-order valence-corrected chi connectivity index (χ2v) is 4.66. The molecular weight excluding hydrogens is 262 g/mol. The van der Waals surface area contributed by atoms with E-state index in [2.05, 4.69) is 0 Å². The highest BCUT2D eigenvalue weighted by Crippen LogP contribution is 2.17. The predicted molar refractivity (Wildman–Crippen MR) is 72.1 cm³/mol. The molecule has 0 amide bonds. The molecule has 0 saturated heterocycles. The predicted octanol–water partition coefficient (Wildman–Crippen LogP) is 3.84. The van der Waals surface area contributed by atoms with Gasteiger partial charge in [-0.15, -0.1) is 0 Å². The third-order valence-corrected chi connectivity index (χ3v) is 2.81. The van der Waals surface area contributed by atoms with Crippen molar-refractivity contribution in [2.45, 2.75) is 13.8 Å². The minimum Gasteiger partial charge on any atom is -0.485 e. The second kappa shape index (κ2) is 5.82. The van der Waals surface area contributed by atoms with Gasteiger partial charge in [-0.3, -0.25) is 4.79 Å². The number of aryl methyl sites for hydroxylation is 2. The maximum atomic E-state index is 13.0. The molecule has 0 fully saturated rings. The SMILES string of the molecule is Cc1cc(C)cc(OCC(=O)c2ccc(F)c(F)c2)c1. The summed E-state index contributed by atoms with van der Waals surface area (Å²) in [7, 11) is 0. The Kier molecular flexibility index (Phi) is 4.13. The number of halogens is 2. The van der Waals surface area contributed by atoms with Crippen LogP contribution in [0.25, 0.3) is 0 Å². The minimum absolute atomic E-state index is 0.0910. The lowest BCUT2D eigenvalue weighted by Gasteiger charge is -2.08. The van der Waals surface area contributed by atoms with Gasteiger partial charge in [-0.25, -0.2) is 8.78 Å². The Hall–Kier alpha value is -2.23. The van der Waals surface area contributed by atoms with E-state index < -0.39 is 17.4 Å². The van der Waals surface area contributed by atoms with Gasteiger partial charge in [-0.1, -0.05) is 6.07 Å². The molecule has 0 radical (unpaired) electrons. The first-order valence-electron chi connectivity index (χ1n) is 6.15. The van der Waals surface area contributed by atoms with Crippen molar-refractivity contribution >= 4 is 5.78 Å². The average molecular weight is 276 g/mol. The zero-order valence-corrected chi connectivity index (χ0v) is 11.2. The van der Waals surface area contributed by atoms with Crippen molar-refractivity contribution in [1.82, 2.24) is 0 Å². The van der Waals surface area contributed by atoms with Crippen LogP contribution >= 0.6 is 0 Å². The average Bonchev–Trinajstić information content (AvgIpc) is 2.38. The maximum Gasteiger partial charge on any atom is 0.200 e. The number of ether oxygens (including phenoxy) is 1. The molecule has 104 valence electrons. The van der Waals surface area contributed by atoms with Gasteiger partial charge in [0.05, 0.1) is 0 Å². The molecule has 2 rings (SSSR count). The quantitative estimate of drug-likeness (QED) is 0.793. The Balaban J connectivity index is 2.06. The summed E-state index contributed by atoms with van der Waals surface area (Å²) in [6.45, 7) is 3.64. The van der Waals surface area contributed by atoms with Crippen molar-refractivity contribution in [3.8, 4) is 5.75 Å². The van der Waals surface area contributed by atoms with Gasteiger partial charge in [-0.2, -0.15) is 0 Å². The molecule has 0 N–H and O–H groups in total. The smallest absolute Gasteiger partial charge is 0.200 e. The number of hydrogen-bond acceptors (Lipinski definition) is 2. The van der Waals surface area contributed by atoms with Crippen molar-refractivity contribution < 1.29 is 18.3 Å². The summed E-state index contributed by atoms with van der Waals surface area (Å²) in [6, 6.07) is 8.66. The van der Waals surface area contributed by atoms with E-state index in [9.17, 15) is 13.6 Å². The van der Waals surface area contributed by atoms with Crippen LogP contribution in [0.15, 0.2) is 36.4 Å². The molecule has 2 aromatic carbocycles. The number of benzene rings is 2. The monoisotopic (exact) mass is 276 g/mol. The molecule has 0 bridgehead atoms. The summed E-state index contributed by atoms with van der Waals surface area (Å²) >= 11 is 0. The number of ketones is 1. The fourth-order valence-electron chi connectivity index (χ4n) is 1.92. The fourth-order valence-corrected chi connectivity index (χ4v) is 1.92. The van der Waals surface area contributed by atoms with Gasteiger partial charge in [0.2, 0.25) is 0 Å². The van der Waals surface area contributed by atoms with Crippen molar-refractivity contribution in [1.29, 1.82) is 0 Å². The Morgan fingerprint density at radius 2 is 1.65 bits per heavy atom. The Morgan fingerprint density at radius 3 is 2.25 bits per heavy atom. The zero-order chi connectivity index (χ0) is 14.7. The van der Waals surface area contributed by atoms with E-state index in [0.717, 1.165) is 23.3 Å². The third kappa shape index (κ3) is 3.41. The van der Waals surface area contributed by atoms with Crippen molar-refractivity contribution in [2.75, 3.05) is 6.61 Å². The van der Waals surface area contributed by atoms with Gasteiger partial charge in [0.1, 0.15) is 5.75 Å². The summed E-state index contributed by atoms with van der Waals surface area (Å²) < 4.78 is 31.2. The molecule has 20 heavy (non-hydrogen) atoms. The molecule has 0 unspecified atom stereocenters. The van der Waals surface area contributed by atoms with Crippen LogP contribution in [0, 0.1) is 25.5 Å². The standard InChI is InChI=1S/C16H14F2O2/c1-10-5-11(2)7-13(6-10)20-9-16(19)12-3-4-14(17)15(18)8-12/h3-8H,9H2,1-2H3. The highest BCUT2D eigenvalue weighted by Gasteiger charge is 2.10. The molecule has 0 aromatic heterocycles. The Labute approximate surface area is 116 Å². The van der Waals surface area contributed by atoms with E-state index in [-0.39, 0.29) is 12.2 Å². The normalized spacial score (nSPS) is 10.4. The van der Waals surface area contributed by atoms with Crippen LogP contribution in [0.3, 0.4) is 0 Å². The van der Waals surface area contributed by atoms with Crippen LogP contribution in [-0.2, 0) is 0 Å². The topological polar surface area (TPSA) is 26.3 Å². The number of carbonyl (C=O) groups is 1. The molecule has 0 spiro atoms. The maximum absolute atomic E-state index is 13.0. The number of carbonyl (C=O) groups excluding carboxylic acids is 1. The van der Waals surface area contributed by atoms with Gasteiger partial charge in [0.15, 0.2) is 24.0 Å². The summed E-state index contributed by atoms with van der Waals surface area (Å²) in [5, 5.41) is 0. The molecule has 4 heteroatoms. The second-order valence-electron chi connectivity index (χ2n) is 4.66. The van der Waals surface area contributed by atoms with Gasteiger partial charge in [0, 0.05) is 5.56 Å². The molecule has 0 saturated carbocycles. The zero-order valence-electron chi connectivity index (χ0n) is 11.2. The number of hydrogen-bond donors (Lipinski definition) is 0. The lowest BCUT2D eigenvalue weighted by molar-refractivity contribution is 0.0921. The molecule has 0 aliphatic rings. The number of rotatable bonds is 4. The molecule has 2 aromatic rings. The Bertz CT molecular complexity index is 631. The lowest BCUT2D eigenvalue weighted by atomic mass is 10.1. The molecule has 0 aliphatic carbocycles. The fraction of sp³-hybridized carbons (Fsp3) is 0.188. The van der Waals surface area contributed by atoms with Crippen molar-refractivity contribution in [3.63, 3.8) is 0 Å². The first-order valence-corrected chi connectivity index (χ1v) is 6.15. The van der Waals surface area contributed by atoms with Crippen LogP contribution in [0.5, 0.6) is 5.75 Å². The van der Waals surface area contributed by atoms with Crippen LogP contribution in [0.1, 0.15) is 21.5 Å². The van der Waals surface area contributed by atoms with E-state index in [4.69, 9.17) is 4.74 Å². The van der Waals surface area contributed by atoms with E-state index >= 15 is 0 Å². The first kappa shape index (κ1) is 14.2. The summed E-state index contributed by atoms with van der Waals surface area (Å²) in [5.74, 6) is -1.83.